The molecular formula is C15H26N2O2. The van der Waals surface area contributed by atoms with Gasteiger partial charge in [-0.1, -0.05) is 27.7 Å². The third-order valence-corrected chi connectivity index (χ3v) is 4.27. The number of fused-ring (bicyclic) bond motifs is 1. The Kier molecular flexibility index (Phi) is 4.16. The number of hydrogen-bond acceptors (Lipinski definition) is 2. The largest absolute Gasteiger partial charge is 0.329 e. The number of carbonyl (C=O) groups excluding carboxylic acids is 2. The van der Waals surface area contributed by atoms with Gasteiger partial charge in [0.05, 0.1) is 0 Å². The van der Waals surface area contributed by atoms with E-state index >= 15 is 0 Å². The van der Waals surface area contributed by atoms with E-state index in [-0.39, 0.29) is 29.8 Å². The summed E-state index contributed by atoms with van der Waals surface area (Å²) in [5, 5.41) is 0. The van der Waals surface area contributed by atoms with Gasteiger partial charge in [-0.15, -0.1) is 0 Å². The van der Waals surface area contributed by atoms with Crippen LogP contribution in [0.4, 0.5) is 0 Å². The lowest BCUT2D eigenvalue weighted by Gasteiger charge is -2.44. The zero-order valence-electron chi connectivity index (χ0n) is 12.6. The van der Waals surface area contributed by atoms with E-state index in [0.717, 1.165) is 32.4 Å². The first-order chi connectivity index (χ1) is 8.93. The highest BCUT2D eigenvalue weighted by atomic mass is 16.2. The van der Waals surface area contributed by atoms with Crippen LogP contribution in [0.2, 0.25) is 0 Å². The number of hydrogen-bond donors (Lipinski definition) is 0. The van der Waals surface area contributed by atoms with Gasteiger partial charge in [-0.25, -0.2) is 0 Å². The maximum atomic E-state index is 12.6. The highest BCUT2D eigenvalue weighted by Crippen LogP contribution is 2.30. The van der Waals surface area contributed by atoms with Crippen molar-refractivity contribution in [1.82, 2.24) is 9.80 Å². The number of carbonyl (C=O) groups is 2. The fourth-order valence-corrected chi connectivity index (χ4v) is 3.21. The minimum atomic E-state index is -0.249. The van der Waals surface area contributed by atoms with Crippen LogP contribution in [0.5, 0.6) is 0 Å². The second-order valence-electron chi connectivity index (χ2n) is 6.59. The van der Waals surface area contributed by atoms with Gasteiger partial charge in [0.2, 0.25) is 11.8 Å². The lowest BCUT2D eigenvalue weighted by atomic mass is 9.95. The predicted molar refractivity (Wildman–Crippen MR) is 74.5 cm³/mol. The molecule has 0 radical (unpaired) electrons. The minimum absolute atomic E-state index is 0.167. The van der Waals surface area contributed by atoms with E-state index in [9.17, 15) is 9.59 Å². The quantitative estimate of drug-likeness (QED) is 0.779. The van der Waals surface area contributed by atoms with Crippen LogP contribution in [0.25, 0.3) is 0 Å². The molecule has 4 nitrogen and oxygen atoms in total. The summed E-state index contributed by atoms with van der Waals surface area (Å²) in [6.45, 7) is 9.86. The van der Waals surface area contributed by atoms with Crippen molar-refractivity contribution in [3.8, 4) is 0 Å². The van der Waals surface area contributed by atoms with Crippen LogP contribution in [0.3, 0.4) is 0 Å². The SMILES string of the molecule is CC(C)CCN1C(=O)C2CCCN2C(=O)C1C(C)C. The van der Waals surface area contributed by atoms with Crippen LogP contribution in [0.1, 0.15) is 47.0 Å². The van der Waals surface area contributed by atoms with Crippen molar-refractivity contribution >= 4 is 11.8 Å². The molecule has 2 unspecified atom stereocenters. The van der Waals surface area contributed by atoms with Crippen LogP contribution in [0.15, 0.2) is 0 Å². The van der Waals surface area contributed by atoms with Gasteiger partial charge in [-0.2, -0.15) is 0 Å². The second-order valence-corrected chi connectivity index (χ2v) is 6.59. The molecule has 2 rings (SSSR count). The first-order valence-corrected chi connectivity index (χ1v) is 7.54. The average Bonchev–Trinajstić information content (AvgIpc) is 2.80. The third-order valence-electron chi connectivity index (χ3n) is 4.27. The summed E-state index contributed by atoms with van der Waals surface area (Å²) in [6, 6.07) is -0.421. The van der Waals surface area contributed by atoms with Gasteiger partial charge in [0.1, 0.15) is 12.1 Å². The average molecular weight is 266 g/mol. The summed E-state index contributed by atoms with van der Waals surface area (Å²) in [5.41, 5.74) is 0. The fourth-order valence-electron chi connectivity index (χ4n) is 3.21. The topological polar surface area (TPSA) is 40.6 Å². The molecule has 0 aliphatic carbocycles. The van der Waals surface area contributed by atoms with Crippen molar-refractivity contribution in [2.75, 3.05) is 13.1 Å². The number of amides is 2. The molecule has 0 aromatic heterocycles. The van der Waals surface area contributed by atoms with Crippen LogP contribution in [-0.2, 0) is 9.59 Å². The summed E-state index contributed by atoms with van der Waals surface area (Å²) in [4.78, 5) is 28.9. The summed E-state index contributed by atoms with van der Waals surface area (Å²) < 4.78 is 0. The van der Waals surface area contributed by atoms with E-state index < -0.39 is 0 Å². The first kappa shape index (κ1) is 14.4. The van der Waals surface area contributed by atoms with Gasteiger partial charge in [0.25, 0.3) is 0 Å². The van der Waals surface area contributed by atoms with E-state index in [2.05, 4.69) is 13.8 Å². The Morgan fingerprint density at radius 2 is 1.84 bits per heavy atom. The Morgan fingerprint density at radius 3 is 2.42 bits per heavy atom. The summed E-state index contributed by atoms with van der Waals surface area (Å²) in [6.07, 6.45) is 2.77. The number of nitrogens with zero attached hydrogens (tertiary/aromatic N) is 2. The van der Waals surface area contributed by atoms with E-state index in [1.165, 1.54) is 0 Å². The summed E-state index contributed by atoms with van der Waals surface area (Å²) in [5.74, 6) is 1.08. The molecule has 0 bridgehead atoms. The lowest BCUT2D eigenvalue weighted by Crippen LogP contribution is -2.64. The molecule has 2 aliphatic rings. The Balaban J connectivity index is 2.21. The van der Waals surface area contributed by atoms with Crippen molar-refractivity contribution in [1.29, 1.82) is 0 Å². The van der Waals surface area contributed by atoms with Gasteiger partial charge >= 0.3 is 0 Å². The maximum Gasteiger partial charge on any atom is 0.246 e. The smallest absolute Gasteiger partial charge is 0.246 e. The third kappa shape index (κ3) is 2.63. The molecule has 4 heteroatoms. The van der Waals surface area contributed by atoms with Crippen molar-refractivity contribution in [3.05, 3.63) is 0 Å². The molecule has 0 N–H and O–H groups in total. The Bertz CT molecular complexity index is 365. The molecule has 2 heterocycles. The number of piperazine rings is 1. The van der Waals surface area contributed by atoms with Gasteiger partial charge in [0.15, 0.2) is 0 Å². The molecule has 0 saturated carbocycles. The first-order valence-electron chi connectivity index (χ1n) is 7.54. The van der Waals surface area contributed by atoms with E-state index in [4.69, 9.17) is 0 Å². The predicted octanol–water partition coefficient (Wildman–Crippen LogP) is 1.89. The second kappa shape index (κ2) is 5.51. The Hall–Kier alpha value is -1.06. The van der Waals surface area contributed by atoms with Gasteiger partial charge < -0.3 is 9.80 Å². The van der Waals surface area contributed by atoms with E-state index in [0.29, 0.717) is 5.92 Å². The van der Waals surface area contributed by atoms with E-state index in [1.54, 1.807) is 0 Å². The van der Waals surface area contributed by atoms with E-state index in [1.807, 2.05) is 23.6 Å². The molecule has 108 valence electrons. The van der Waals surface area contributed by atoms with Crippen molar-refractivity contribution in [2.24, 2.45) is 11.8 Å². The van der Waals surface area contributed by atoms with Crippen molar-refractivity contribution in [3.63, 3.8) is 0 Å². The maximum absolute atomic E-state index is 12.6. The molecule has 0 spiro atoms. The summed E-state index contributed by atoms with van der Waals surface area (Å²) in [7, 11) is 0. The zero-order chi connectivity index (χ0) is 14.2. The van der Waals surface area contributed by atoms with Crippen LogP contribution in [0, 0.1) is 11.8 Å². The number of rotatable bonds is 4. The molecule has 0 aromatic rings. The molecular weight excluding hydrogens is 240 g/mol. The highest BCUT2D eigenvalue weighted by Gasteiger charge is 2.48. The molecule has 2 fully saturated rings. The molecule has 2 saturated heterocycles. The van der Waals surface area contributed by atoms with Crippen molar-refractivity contribution < 1.29 is 9.59 Å². The van der Waals surface area contributed by atoms with Crippen LogP contribution >= 0.6 is 0 Å². The Labute approximate surface area is 116 Å². The standard InChI is InChI=1S/C15H26N2O2/c1-10(2)7-9-17-13(11(3)4)15(19)16-8-5-6-12(16)14(17)18/h10-13H,5-9H2,1-4H3. The zero-order valence-corrected chi connectivity index (χ0v) is 12.6. The Morgan fingerprint density at radius 1 is 1.16 bits per heavy atom. The lowest BCUT2D eigenvalue weighted by molar-refractivity contribution is -0.161. The molecule has 2 amide bonds. The highest BCUT2D eigenvalue weighted by molar-refractivity contribution is 5.97. The van der Waals surface area contributed by atoms with Crippen LogP contribution < -0.4 is 0 Å². The van der Waals surface area contributed by atoms with Crippen LogP contribution in [-0.4, -0.2) is 46.8 Å². The monoisotopic (exact) mass is 266 g/mol. The fraction of sp³-hybridized carbons (Fsp3) is 0.867. The summed E-state index contributed by atoms with van der Waals surface area (Å²) >= 11 is 0. The van der Waals surface area contributed by atoms with Gasteiger partial charge in [-0.3, -0.25) is 9.59 Å². The molecule has 2 aliphatic heterocycles. The van der Waals surface area contributed by atoms with Gasteiger partial charge in [-0.05, 0) is 31.1 Å². The normalized spacial score (nSPS) is 27.7. The molecule has 0 aromatic carbocycles. The molecule has 19 heavy (non-hydrogen) atoms. The molecule has 2 atom stereocenters. The van der Waals surface area contributed by atoms with Crippen molar-refractivity contribution in [2.45, 2.75) is 59.0 Å². The van der Waals surface area contributed by atoms with Gasteiger partial charge in [0, 0.05) is 13.1 Å². The minimum Gasteiger partial charge on any atom is -0.329 e.